The zero-order valence-electron chi connectivity index (χ0n) is 10.3. The third-order valence-electron chi connectivity index (χ3n) is 2.97. The molecule has 0 aromatic heterocycles. The molecule has 5 heteroatoms. The van der Waals surface area contributed by atoms with Crippen LogP contribution in [0.2, 0.25) is 0 Å². The summed E-state index contributed by atoms with van der Waals surface area (Å²) in [7, 11) is 0. The molecule has 1 aliphatic rings. The lowest BCUT2D eigenvalue weighted by molar-refractivity contribution is 0.0171. The Labute approximate surface area is 116 Å². The fourth-order valence-corrected chi connectivity index (χ4v) is 2.40. The minimum atomic E-state index is -0.366. The quantitative estimate of drug-likeness (QED) is 0.865. The van der Waals surface area contributed by atoms with Crippen LogP contribution in [0.1, 0.15) is 0 Å². The number of aliphatic hydroxyl groups is 1. The zero-order valence-corrected chi connectivity index (χ0v) is 11.9. The third-order valence-corrected chi connectivity index (χ3v) is 3.67. The van der Waals surface area contributed by atoms with E-state index in [4.69, 9.17) is 4.74 Å². The molecule has 1 saturated heterocycles. The number of nitrogens with zero attached hydrogens (tertiary/aromatic N) is 1. The Morgan fingerprint density at radius 3 is 2.78 bits per heavy atom. The van der Waals surface area contributed by atoms with Crippen molar-refractivity contribution >= 4 is 21.6 Å². The highest BCUT2D eigenvalue weighted by atomic mass is 79.9. The topological polar surface area (TPSA) is 44.7 Å². The predicted molar refractivity (Wildman–Crippen MR) is 75.9 cm³/mol. The van der Waals surface area contributed by atoms with Gasteiger partial charge in [0, 0.05) is 36.3 Å². The number of hydrogen-bond acceptors (Lipinski definition) is 4. The molecule has 1 aromatic rings. The molecule has 0 amide bonds. The van der Waals surface area contributed by atoms with Crippen LogP contribution >= 0.6 is 15.9 Å². The minimum Gasteiger partial charge on any atom is -0.390 e. The molecule has 1 aliphatic heterocycles. The number of aliphatic hydroxyl groups excluding tert-OH is 1. The minimum absolute atomic E-state index is 0.366. The van der Waals surface area contributed by atoms with Crippen LogP contribution in [0.25, 0.3) is 0 Å². The summed E-state index contributed by atoms with van der Waals surface area (Å²) in [6.07, 6.45) is -0.366. The van der Waals surface area contributed by atoms with Crippen molar-refractivity contribution in [2.75, 3.05) is 44.7 Å². The van der Waals surface area contributed by atoms with Gasteiger partial charge in [-0.05, 0) is 28.1 Å². The molecule has 1 aromatic carbocycles. The van der Waals surface area contributed by atoms with Gasteiger partial charge in [0.15, 0.2) is 0 Å². The molecule has 0 saturated carbocycles. The lowest BCUT2D eigenvalue weighted by atomic mass is 10.2. The van der Waals surface area contributed by atoms with Crippen LogP contribution in [0, 0.1) is 0 Å². The highest BCUT2D eigenvalue weighted by Gasteiger charge is 2.14. The molecule has 1 fully saturated rings. The first-order valence-electron chi connectivity index (χ1n) is 6.22. The molecule has 0 aliphatic carbocycles. The maximum atomic E-state index is 9.99. The van der Waals surface area contributed by atoms with Crippen LogP contribution in [-0.2, 0) is 4.74 Å². The van der Waals surface area contributed by atoms with Gasteiger partial charge in [0.2, 0.25) is 0 Å². The number of β-amino-alcohol motifs (C(OH)–C–C–N with tert-alkyl or cyclic N) is 1. The Morgan fingerprint density at radius 2 is 2.06 bits per heavy atom. The third kappa shape index (κ3) is 4.24. The molecule has 100 valence electrons. The van der Waals surface area contributed by atoms with Gasteiger partial charge in [0.1, 0.15) is 0 Å². The number of morpholine rings is 1. The summed E-state index contributed by atoms with van der Waals surface area (Å²) < 4.78 is 6.30. The maximum absolute atomic E-state index is 9.99. The molecule has 1 atom stereocenters. The standard InChI is InChI=1S/C13H19BrN2O2/c14-12-3-1-2-4-13(12)15-9-11(17)10-16-5-7-18-8-6-16/h1-4,11,15,17H,5-10H2. The Bertz CT molecular complexity index is 370. The summed E-state index contributed by atoms with van der Waals surface area (Å²) in [5.41, 5.74) is 1.01. The van der Waals surface area contributed by atoms with Crippen molar-refractivity contribution in [1.29, 1.82) is 0 Å². The van der Waals surface area contributed by atoms with Crippen LogP contribution < -0.4 is 5.32 Å². The molecule has 2 N–H and O–H groups in total. The molecule has 4 nitrogen and oxygen atoms in total. The average Bonchev–Trinajstić information content (AvgIpc) is 2.39. The smallest absolute Gasteiger partial charge is 0.0839 e. The van der Waals surface area contributed by atoms with E-state index in [2.05, 4.69) is 26.1 Å². The summed E-state index contributed by atoms with van der Waals surface area (Å²) >= 11 is 3.47. The van der Waals surface area contributed by atoms with E-state index in [0.717, 1.165) is 36.5 Å². The van der Waals surface area contributed by atoms with Crippen molar-refractivity contribution in [2.24, 2.45) is 0 Å². The molecule has 1 heterocycles. The number of hydrogen-bond donors (Lipinski definition) is 2. The maximum Gasteiger partial charge on any atom is 0.0839 e. The van der Waals surface area contributed by atoms with E-state index >= 15 is 0 Å². The van der Waals surface area contributed by atoms with E-state index in [1.54, 1.807) is 0 Å². The van der Waals surface area contributed by atoms with Crippen molar-refractivity contribution in [1.82, 2.24) is 4.90 Å². The number of anilines is 1. The molecule has 18 heavy (non-hydrogen) atoms. The van der Waals surface area contributed by atoms with Crippen molar-refractivity contribution in [2.45, 2.75) is 6.10 Å². The van der Waals surface area contributed by atoms with Gasteiger partial charge >= 0.3 is 0 Å². The Morgan fingerprint density at radius 1 is 1.33 bits per heavy atom. The van der Waals surface area contributed by atoms with Crippen molar-refractivity contribution in [3.05, 3.63) is 28.7 Å². The summed E-state index contributed by atoms with van der Waals surface area (Å²) in [4.78, 5) is 2.23. The zero-order chi connectivity index (χ0) is 12.8. The number of nitrogens with one attached hydrogen (secondary N) is 1. The largest absolute Gasteiger partial charge is 0.390 e. The SMILES string of the molecule is OC(CNc1ccccc1Br)CN1CCOCC1. The first-order chi connectivity index (χ1) is 8.75. The van der Waals surface area contributed by atoms with Gasteiger partial charge in [-0.15, -0.1) is 0 Å². The van der Waals surface area contributed by atoms with E-state index in [-0.39, 0.29) is 6.10 Å². The Kier molecular flexibility index (Phi) is 5.44. The van der Waals surface area contributed by atoms with Crippen molar-refractivity contribution in [3.8, 4) is 0 Å². The number of ether oxygens (including phenoxy) is 1. The van der Waals surface area contributed by atoms with Crippen LogP contribution in [0.3, 0.4) is 0 Å². The van der Waals surface area contributed by atoms with Gasteiger partial charge < -0.3 is 15.2 Å². The molecule has 2 rings (SSSR count). The van der Waals surface area contributed by atoms with E-state index in [0.29, 0.717) is 13.1 Å². The second kappa shape index (κ2) is 7.09. The fraction of sp³-hybridized carbons (Fsp3) is 0.538. The van der Waals surface area contributed by atoms with Gasteiger partial charge in [0.25, 0.3) is 0 Å². The predicted octanol–water partition coefficient (Wildman–Crippen LogP) is 1.55. The lowest BCUT2D eigenvalue weighted by Crippen LogP contribution is -2.42. The summed E-state index contributed by atoms with van der Waals surface area (Å²) in [6.45, 7) is 4.60. The highest BCUT2D eigenvalue weighted by Crippen LogP contribution is 2.20. The van der Waals surface area contributed by atoms with Gasteiger partial charge in [-0.2, -0.15) is 0 Å². The second-order valence-corrected chi connectivity index (χ2v) is 5.28. The summed E-state index contributed by atoms with van der Waals surface area (Å²) in [5.74, 6) is 0. The molecule has 1 unspecified atom stereocenters. The first-order valence-corrected chi connectivity index (χ1v) is 7.01. The molecule has 0 spiro atoms. The Balaban J connectivity index is 1.74. The van der Waals surface area contributed by atoms with Crippen LogP contribution in [0.5, 0.6) is 0 Å². The van der Waals surface area contributed by atoms with Gasteiger partial charge in [0.05, 0.1) is 19.3 Å². The normalized spacial score (nSPS) is 18.6. The lowest BCUT2D eigenvalue weighted by Gasteiger charge is -2.28. The first kappa shape index (κ1) is 13.8. The average molecular weight is 315 g/mol. The Hall–Kier alpha value is -0.620. The van der Waals surface area contributed by atoms with Gasteiger partial charge in [-0.25, -0.2) is 0 Å². The van der Waals surface area contributed by atoms with Crippen molar-refractivity contribution < 1.29 is 9.84 Å². The monoisotopic (exact) mass is 314 g/mol. The van der Waals surface area contributed by atoms with E-state index in [1.165, 1.54) is 0 Å². The number of para-hydroxylation sites is 1. The van der Waals surface area contributed by atoms with Crippen molar-refractivity contribution in [3.63, 3.8) is 0 Å². The summed E-state index contributed by atoms with van der Waals surface area (Å²) in [6, 6.07) is 7.92. The van der Waals surface area contributed by atoms with E-state index < -0.39 is 0 Å². The summed E-state index contributed by atoms with van der Waals surface area (Å²) in [5, 5.41) is 13.2. The molecule has 0 bridgehead atoms. The second-order valence-electron chi connectivity index (χ2n) is 4.43. The number of halogens is 1. The van der Waals surface area contributed by atoms with Crippen LogP contribution in [-0.4, -0.2) is 55.5 Å². The molecular formula is C13H19BrN2O2. The number of benzene rings is 1. The van der Waals surface area contributed by atoms with E-state index in [9.17, 15) is 5.11 Å². The van der Waals surface area contributed by atoms with Gasteiger partial charge in [-0.3, -0.25) is 4.90 Å². The molecule has 0 radical (unpaired) electrons. The van der Waals surface area contributed by atoms with Crippen LogP contribution in [0.4, 0.5) is 5.69 Å². The molecular weight excluding hydrogens is 296 g/mol. The van der Waals surface area contributed by atoms with Crippen LogP contribution in [0.15, 0.2) is 28.7 Å². The highest BCUT2D eigenvalue weighted by molar-refractivity contribution is 9.10. The van der Waals surface area contributed by atoms with Gasteiger partial charge in [-0.1, -0.05) is 12.1 Å². The fourth-order valence-electron chi connectivity index (χ4n) is 1.98. The van der Waals surface area contributed by atoms with E-state index in [1.807, 2.05) is 24.3 Å². The number of rotatable bonds is 5.